The maximum atomic E-state index is 12.8. The summed E-state index contributed by atoms with van der Waals surface area (Å²) in [7, 11) is 0. The molecular weight excluding hydrogens is 350 g/mol. The molecule has 3 rings (SSSR count). The fourth-order valence-electron chi connectivity index (χ4n) is 2.79. The molecule has 8 heteroatoms. The second-order valence-electron chi connectivity index (χ2n) is 7.10. The van der Waals surface area contributed by atoms with Crippen LogP contribution in [-0.2, 0) is 11.3 Å². The first kappa shape index (κ1) is 18.4. The van der Waals surface area contributed by atoms with E-state index in [1.807, 2.05) is 0 Å². The zero-order valence-corrected chi connectivity index (χ0v) is 15.2. The van der Waals surface area contributed by atoms with Crippen LogP contribution in [0.2, 0.25) is 0 Å². The average Bonchev–Trinajstić information content (AvgIpc) is 2.86. The van der Waals surface area contributed by atoms with Crippen molar-refractivity contribution in [1.82, 2.24) is 9.36 Å². The molecule has 8 nitrogen and oxygen atoms in total. The molecule has 1 aromatic heterocycles. The van der Waals surface area contributed by atoms with Gasteiger partial charge in [-0.25, -0.2) is 9.48 Å². The van der Waals surface area contributed by atoms with Gasteiger partial charge in [0.2, 0.25) is 0 Å². The number of hydrogen-bond donors (Lipinski definition) is 0. The highest BCUT2D eigenvalue weighted by Gasteiger charge is 2.24. The predicted molar refractivity (Wildman–Crippen MR) is 100 cm³/mol. The molecule has 0 saturated carbocycles. The Morgan fingerprint density at radius 3 is 2.52 bits per heavy atom. The van der Waals surface area contributed by atoms with Crippen LogP contribution in [0.15, 0.2) is 53.3 Å². The Morgan fingerprint density at radius 1 is 1.15 bits per heavy atom. The van der Waals surface area contributed by atoms with E-state index in [0.717, 1.165) is 0 Å². The van der Waals surface area contributed by atoms with Gasteiger partial charge in [-0.15, -0.1) is 0 Å². The van der Waals surface area contributed by atoms with Crippen molar-refractivity contribution in [2.24, 2.45) is 0 Å². The van der Waals surface area contributed by atoms with Gasteiger partial charge in [-0.1, -0.05) is 24.3 Å². The number of non-ortho nitro benzene ring substituents is 1. The van der Waals surface area contributed by atoms with E-state index in [9.17, 15) is 19.7 Å². The Hall–Kier alpha value is -3.42. The number of carbonyl (C=O) groups is 1. The van der Waals surface area contributed by atoms with Crippen molar-refractivity contribution in [1.29, 1.82) is 0 Å². The molecular formula is C19H19N3O5. The first-order chi connectivity index (χ1) is 12.7. The van der Waals surface area contributed by atoms with Crippen LogP contribution in [0.5, 0.6) is 0 Å². The van der Waals surface area contributed by atoms with Crippen LogP contribution in [0.1, 0.15) is 26.3 Å². The number of ether oxygens (including phenoxy) is 1. The second kappa shape index (κ2) is 6.71. The van der Waals surface area contributed by atoms with Gasteiger partial charge >= 0.3 is 6.09 Å². The number of fused-ring (bicyclic) bond motifs is 1. The zero-order chi connectivity index (χ0) is 19.8. The Balaban J connectivity index is 2.14. The molecule has 0 aliphatic rings. The molecule has 0 atom stereocenters. The molecule has 0 unspecified atom stereocenters. The van der Waals surface area contributed by atoms with Gasteiger partial charge in [0.05, 0.1) is 22.4 Å². The molecule has 140 valence electrons. The molecule has 0 amide bonds. The van der Waals surface area contributed by atoms with E-state index < -0.39 is 16.6 Å². The third-order valence-electron chi connectivity index (χ3n) is 3.86. The maximum Gasteiger partial charge on any atom is 0.434 e. The van der Waals surface area contributed by atoms with Gasteiger partial charge in [-0.3, -0.25) is 14.9 Å². The molecule has 0 spiro atoms. The lowest BCUT2D eigenvalue weighted by Crippen LogP contribution is -2.33. The van der Waals surface area contributed by atoms with E-state index in [-0.39, 0.29) is 17.8 Å². The number of rotatable bonds is 3. The fourth-order valence-corrected chi connectivity index (χ4v) is 2.79. The molecule has 0 saturated heterocycles. The summed E-state index contributed by atoms with van der Waals surface area (Å²) >= 11 is 0. The Labute approximate surface area is 154 Å². The molecule has 27 heavy (non-hydrogen) atoms. The van der Waals surface area contributed by atoms with Crippen LogP contribution in [0.25, 0.3) is 10.9 Å². The molecule has 0 aliphatic carbocycles. The number of para-hydroxylation sites is 1. The lowest BCUT2D eigenvalue weighted by molar-refractivity contribution is -0.384. The highest BCUT2D eigenvalue weighted by atomic mass is 16.6. The maximum absolute atomic E-state index is 12.8. The number of nitrogens with zero attached hydrogens (tertiary/aromatic N) is 3. The van der Waals surface area contributed by atoms with Crippen LogP contribution >= 0.6 is 0 Å². The monoisotopic (exact) mass is 369 g/mol. The van der Waals surface area contributed by atoms with Crippen LogP contribution < -0.4 is 5.56 Å². The van der Waals surface area contributed by atoms with Gasteiger partial charge in [0.25, 0.3) is 11.2 Å². The molecule has 0 N–H and O–H groups in total. The summed E-state index contributed by atoms with van der Waals surface area (Å²) in [5, 5.41) is 11.4. The lowest BCUT2D eigenvalue weighted by Gasteiger charge is -2.21. The summed E-state index contributed by atoms with van der Waals surface area (Å²) < 4.78 is 7.86. The van der Waals surface area contributed by atoms with E-state index in [1.165, 1.54) is 21.5 Å². The molecule has 0 radical (unpaired) electrons. The molecule has 0 aliphatic heterocycles. The Morgan fingerprint density at radius 2 is 1.85 bits per heavy atom. The van der Waals surface area contributed by atoms with Crippen LogP contribution in [0, 0.1) is 10.1 Å². The summed E-state index contributed by atoms with van der Waals surface area (Å²) in [5.41, 5.74) is -0.251. The first-order valence-corrected chi connectivity index (χ1v) is 8.34. The van der Waals surface area contributed by atoms with Crippen molar-refractivity contribution in [2.75, 3.05) is 0 Å². The number of nitro benzene ring substituents is 1. The third kappa shape index (κ3) is 3.74. The van der Waals surface area contributed by atoms with E-state index in [1.54, 1.807) is 57.2 Å². The van der Waals surface area contributed by atoms with E-state index in [0.29, 0.717) is 16.5 Å². The number of benzene rings is 2. The van der Waals surface area contributed by atoms with Gasteiger partial charge in [-0.05, 0) is 38.5 Å². The largest absolute Gasteiger partial charge is 0.442 e. The summed E-state index contributed by atoms with van der Waals surface area (Å²) in [6.07, 6.45) is -0.689. The van der Waals surface area contributed by atoms with Crippen molar-refractivity contribution in [3.05, 3.63) is 74.6 Å². The summed E-state index contributed by atoms with van der Waals surface area (Å²) in [6.45, 7) is 5.20. The van der Waals surface area contributed by atoms with Crippen molar-refractivity contribution in [2.45, 2.75) is 32.9 Å². The minimum atomic E-state index is -0.741. The number of hydrogen-bond acceptors (Lipinski definition) is 5. The predicted octanol–water partition coefficient (Wildman–Crippen LogP) is 3.54. The normalized spacial score (nSPS) is 11.5. The first-order valence-electron chi connectivity index (χ1n) is 8.34. The quantitative estimate of drug-likeness (QED) is 0.520. The second-order valence-corrected chi connectivity index (χ2v) is 7.10. The molecule has 0 fully saturated rings. The van der Waals surface area contributed by atoms with Gasteiger partial charge < -0.3 is 4.74 Å². The molecule has 2 aromatic carbocycles. The zero-order valence-electron chi connectivity index (χ0n) is 15.2. The lowest BCUT2D eigenvalue weighted by atomic mass is 10.2. The molecule has 0 bridgehead atoms. The van der Waals surface area contributed by atoms with Crippen molar-refractivity contribution >= 4 is 22.7 Å². The minimum absolute atomic E-state index is 0.00552. The topological polar surface area (TPSA) is 96.4 Å². The van der Waals surface area contributed by atoms with Crippen molar-refractivity contribution in [3.8, 4) is 0 Å². The fraction of sp³-hybridized carbons (Fsp3) is 0.263. The minimum Gasteiger partial charge on any atom is -0.442 e. The van der Waals surface area contributed by atoms with Gasteiger partial charge in [0.15, 0.2) is 0 Å². The Kier molecular flexibility index (Phi) is 4.57. The standard InChI is InChI=1S/C19H19N3O5/c1-19(2,3)27-18(24)21-16-10-5-4-9-15(16)17(23)20(21)12-13-7-6-8-14(11-13)22(25)26/h4-11H,12H2,1-3H3. The summed E-state index contributed by atoms with van der Waals surface area (Å²) in [6, 6.07) is 12.7. The molecule has 3 aromatic rings. The van der Waals surface area contributed by atoms with Gasteiger partial charge in [-0.2, -0.15) is 4.68 Å². The highest BCUT2D eigenvalue weighted by molar-refractivity contribution is 5.87. The SMILES string of the molecule is CC(C)(C)OC(=O)n1c2ccccc2c(=O)n1Cc1cccc([N+](=O)[O-])c1. The number of carbonyl (C=O) groups excluding carboxylic acids is 1. The van der Waals surface area contributed by atoms with Crippen LogP contribution in [0.3, 0.4) is 0 Å². The average molecular weight is 369 g/mol. The number of aromatic nitrogens is 2. The van der Waals surface area contributed by atoms with E-state index in [4.69, 9.17) is 4.74 Å². The summed E-state index contributed by atoms with van der Waals surface area (Å²) in [4.78, 5) is 36.1. The van der Waals surface area contributed by atoms with Gasteiger partial charge in [0, 0.05) is 12.1 Å². The Bertz CT molecular complexity index is 1090. The third-order valence-corrected chi connectivity index (χ3v) is 3.86. The van der Waals surface area contributed by atoms with E-state index >= 15 is 0 Å². The van der Waals surface area contributed by atoms with Crippen molar-refractivity contribution < 1.29 is 14.5 Å². The van der Waals surface area contributed by atoms with Crippen LogP contribution in [-0.4, -0.2) is 26.0 Å². The van der Waals surface area contributed by atoms with E-state index in [2.05, 4.69) is 0 Å². The smallest absolute Gasteiger partial charge is 0.434 e. The number of nitro groups is 1. The molecule has 1 heterocycles. The highest BCUT2D eigenvalue weighted by Crippen LogP contribution is 2.18. The summed E-state index contributed by atoms with van der Waals surface area (Å²) in [5.74, 6) is 0. The van der Waals surface area contributed by atoms with Gasteiger partial charge in [0.1, 0.15) is 5.60 Å². The van der Waals surface area contributed by atoms with Crippen LogP contribution in [0.4, 0.5) is 10.5 Å². The van der Waals surface area contributed by atoms with Crippen molar-refractivity contribution in [3.63, 3.8) is 0 Å².